The highest BCUT2D eigenvalue weighted by molar-refractivity contribution is 5.80. The van der Waals surface area contributed by atoms with Gasteiger partial charge in [-0.1, -0.05) is 44.2 Å². The molecule has 4 rings (SSSR count). The second-order valence-corrected chi connectivity index (χ2v) is 6.38. The molecule has 2 aromatic heterocycles. The highest BCUT2D eigenvalue weighted by Gasteiger charge is 2.21. The lowest BCUT2D eigenvalue weighted by molar-refractivity contribution is 0.354. The largest absolute Gasteiger partial charge is 0.338 e. The van der Waals surface area contributed by atoms with Crippen LogP contribution in [0.4, 0.5) is 0 Å². The molecule has 23 heavy (non-hydrogen) atoms. The molecule has 3 aromatic rings. The zero-order valence-electron chi connectivity index (χ0n) is 12.9. The lowest BCUT2D eigenvalue weighted by atomic mass is 9.85. The highest BCUT2D eigenvalue weighted by atomic mass is 16.1. The Morgan fingerprint density at radius 3 is 2.83 bits per heavy atom. The number of fused-ring (bicyclic) bond motifs is 2. The number of nitrogens with zero attached hydrogens (tertiary/aromatic N) is 3. The lowest BCUT2D eigenvalue weighted by Crippen LogP contribution is -2.16. The van der Waals surface area contributed by atoms with Gasteiger partial charge in [-0.3, -0.25) is 4.79 Å². The average molecular weight is 306 g/mol. The van der Waals surface area contributed by atoms with Crippen molar-refractivity contribution in [3.63, 3.8) is 0 Å². The van der Waals surface area contributed by atoms with E-state index in [1.807, 2.05) is 18.2 Å². The van der Waals surface area contributed by atoms with Crippen molar-refractivity contribution in [2.24, 2.45) is 5.92 Å². The minimum atomic E-state index is -0.166. The van der Waals surface area contributed by atoms with E-state index in [2.05, 4.69) is 16.2 Å². The monoisotopic (exact) mass is 306 g/mol. The molecule has 0 aliphatic heterocycles. The summed E-state index contributed by atoms with van der Waals surface area (Å²) in [6, 6.07) is 9.59. The Labute approximate surface area is 133 Å². The summed E-state index contributed by atoms with van der Waals surface area (Å²) in [6.45, 7) is 0. The van der Waals surface area contributed by atoms with E-state index in [9.17, 15) is 10.1 Å². The van der Waals surface area contributed by atoms with Crippen molar-refractivity contribution in [2.75, 3.05) is 0 Å². The first kappa shape index (κ1) is 14.0. The van der Waals surface area contributed by atoms with E-state index < -0.39 is 0 Å². The Hall–Kier alpha value is -2.61. The van der Waals surface area contributed by atoms with Gasteiger partial charge in [0.25, 0.3) is 5.56 Å². The summed E-state index contributed by atoms with van der Waals surface area (Å²) in [5.74, 6) is 0.574. The Morgan fingerprint density at radius 2 is 2.04 bits per heavy atom. The fourth-order valence-corrected chi connectivity index (χ4v) is 3.67. The van der Waals surface area contributed by atoms with Gasteiger partial charge in [-0.25, -0.2) is 0 Å². The minimum absolute atomic E-state index is 0.166. The number of nitriles is 1. The van der Waals surface area contributed by atoms with Crippen LogP contribution in [-0.2, 0) is 6.42 Å². The van der Waals surface area contributed by atoms with Crippen molar-refractivity contribution >= 4 is 16.6 Å². The SMILES string of the molecule is N#Cc1c(CC2CCCCC2)nn2c(=O)c3ccccc3[nH]c12. The van der Waals surface area contributed by atoms with E-state index in [1.54, 1.807) is 6.07 Å². The third-order valence-corrected chi connectivity index (χ3v) is 4.88. The van der Waals surface area contributed by atoms with Gasteiger partial charge in [0, 0.05) is 0 Å². The number of rotatable bonds is 2. The standard InChI is InChI=1S/C18H18N4O/c19-11-14-16(10-12-6-2-1-3-7-12)21-22-17(14)20-15-9-5-4-8-13(15)18(22)23/h4-5,8-9,12,20H,1-3,6-7,10H2. The molecule has 0 amide bonds. The zero-order valence-corrected chi connectivity index (χ0v) is 12.9. The molecule has 0 atom stereocenters. The second-order valence-electron chi connectivity index (χ2n) is 6.38. The number of benzene rings is 1. The number of aromatic amines is 1. The lowest BCUT2D eigenvalue weighted by Gasteiger charge is -2.20. The van der Waals surface area contributed by atoms with E-state index in [-0.39, 0.29) is 5.56 Å². The van der Waals surface area contributed by atoms with Crippen LogP contribution in [0.1, 0.15) is 43.4 Å². The Bertz CT molecular complexity index is 970. The predicted octanol–water partition coefficient (Wildman–Crippen LogP) is 3.17. The van der Waals surface area contributed by atoms with Gasteiger partial charge in [-0.05, 0) is 24.5 Å². The molecule has 0 saturated heterocycles. The number of hydrogen-bond donors (Lipinski definition) is 1. The van der Waals surface area contributed by atoms with Crippen molar-refractivity contribution in [1.29, 1.82) is 5.26 Å². The molecule has 0 unspecified atom stereocenters. The molecule has 2 heterocycles. The van der Waals surface area contributed by atoms with E-state index in [0.29, 0.717) is 22.5 Å². The predicted molar refractivity (Wildman–Crippen MR) is 88.3 cm³/mol. The van der Waals surface area contributed by atoms with Crippen molar-refractivity contribution in [2.45, 2.75) is 38.5 Å². The molecular weight excluding hydrogens is 288 g/mol. The summed E-state index contributed by atoms with van der Waals surface area (Å²) in [6.07, 6.45) is 6.97. The van der Waals surface area contributed by atoms with Crippen LogP contribution in [0.3, 0.4) is 0 Å². The van der Waals surface area contributed by atoms with E-state index in [1.165, 1.54) is 36.6 Å². The fourth-order valence-electron chi connectivity index (χ4n) is 3.67. The van der Waals surface area contributed by atoms with Gasteiger partial charge < -0.3 is 4.98 Å². The Morgan fingerprint density at radius 1 is 1.26 bits per heavy atom. The average Bonchev–Trinajstić information content (AvgIpc) is 2.93. The first-order valence-electron chi connectivity index (χ1n) is 8.20. The quantitative estimate of drug-likeness (QED) is 0.790. The third-order valence-electron chi connectivity index (χ3n) is 4.88. The van der Waals surface area contributed by atoms with Crippen molar-refractivity contribution in [3.8, 4) is 6.07 Å². The molecule has 1 aliphatic rings. The Balaban J connectivity index is 1.88. The zero-order chi connectivity index (χ0) is 15.8. The van der Waals surface area contributed by atoms with Gasteiger partial charge in [-0.15, -0.1) is 0 Å². The molecule has 0 radical (unpaired) electrons. The van der Waals surface area contributed by atoms with Gasteiger partial charge >= 0.3 is 0 Å². The van der Waals surface area contributed by atoms with Crippen LogP contribution in [0, 0.1) is 17.2 Å². The normalized spacial score (nSPS) is 16.0. The van der Waals surface area contributed by atoms with Crippen molar-refractivity contribution in [3.05, 3.63) is 45.9 Å². The molecule has 0 spiro atoms. The van der Waals surface area contributed by atoms with Crippen LogP contribution < -0.4 is 5.56 Å². The van der Waals surface area contributed by atoms with Gasteiger partial charge in [-0.2, -0.15) is 14.9 Å². The topological polar surface area (TPSA) is 74.0 Å². The van der Waals surface area contributed by atoms with E-state index in [0.717, 1.165) is 17.6 Å². The van der Waals surface area contributed by atoms with Crippen LogP contribution in [-0.4, -0.2) is 14.6 Å². The number of nitrogens with one attached hydrogen (secondary N) is 1. The minimum Gasteiger partial charge on any atom is -0.338 e. The molecule has 1 N–H and O–H groups in total. The molecule has 5 nitrogen and oxygen atoms in total. The summed E-state index contributed by atoms with van der Waals surface area (Å²) < 4.78 is 1.36. The number of para-hydroxylation sites is 1. The van der Waals surface area contributed by atoms with Gasteiger partial charge in [0.1, 0.15) is 11.6 Å². The second kappa shape index (κ2) is 5.54. The molecule has 116 valence electrons. The van der Waals surface area contributed by atoms with Crippen LogP contribution in [0.15, 0.2) is 29.1 Å². The van der Waals surface area contributed by atoms with Crippen LogP contribution >= 0.6 is 0 Å². The van der Waals surface area contributed by atoms with Gasteiger partial charge in [0.15, 0.2) is 5.65 Å². The van der Waals surface area contributed by atoms with Crippen molar-refractivity contribution < 1.29 is 0 Å². The van der Waals surface area contributed by atoms with Gasteiger partial charge in [0.2, 0.25) is 0 Å². The van der Waals surface area contributed by atoms with Crippen molar-refractivity contribution in [1.82, 2.24) is 14.6 Å². The maximum atomic E-state index is 12.6. The summed E-state index contributed by atoms with van der Waals surface area (Å²) in [7, 11) is 0. The number of hydrogen-bond acceptors (Lipinski definition) is 3. The summed E-state index contributed by atoms with van der Waals surface area (Å²) in [5, 5.41) is 14.6. The first-order valence-corrected chi connectivity index (χ1v) is 8.20. The smallest absolute Gasteiger partial charge is 0.282 e. The molecule has 5 heteroatoms. The van der Waals surface area contributed by atoms with E-state index in [4.69, 9.17) is 0 Å². The Kier molecular flexibility index (Phi) is 3.38. The molecule has 0 bridgehead atoms. The molecular formula is C18H18N4O. The molecule has 1 saturated carbocycles. The maximum absolute atomic E-state index is 12.6. The van der Waals surface area contributed by atoms with Gasteiger partial charge in [0.05, 0.1) is 16.6 Å². The summed E-state index contributed by atoms with van der Waals surface area (Å²) >= 11 is 0. The summed E-state index contributed by atoms with van der Waals surface area (Å²) in [5.41, 5.74) is 2.36. The highest BCUT2D eigenvalue weighted by Crippen LogP contribution is 2.28. The molecule has 1 fully saturated rings. The van der Waals surface area contributed by atoms with E-state index >= 15 is 0 Å². The fraction of sp³-hybridized carbons (Fsp3) is 0.389. The van der Waals surface area contributed by atoms with Crippen LogP contribution in [0.2, 0.25) is 0 Å². The van der Waals surface area contributed by atoms with Crippen LogP contribution in [0.25, 0.3) is 16.6 Å². The number of aromatic nitrogens is 3. The third kappa shape index (κ3) is 2.31. The maximum Gasteiger partial charge on any atom is 0.282 e. The molecule has 1 aliphatic carbocycles. The summed E-state index contributed by atoms with van der Waals surface area (Å²) in [4.78, 5) is 15.8. The van der Waals surface area contributed by atoms with Crippen LogP contribution in [0.5, 0.6) is 0 Å². The molecule has 1 aromatic carbocycles. The first-order chi connectivity index (χ1) is 11.3. The number of H-pyrrole nitrogens is 1.